The molecule has 4 rings (SSSR count). The van der Waals surface area contributed by atoms with Gasteiger partial charge in [0.15, 0.2) is 0 Å². The number of rotatable bonds is 6. The van der Waals surface area contributed by atoms with Crippen molar-refractivity contribution in [2.24, 2.45) is 5.92 Å². The van der Waals surface area contributed by atoms with Gasteiger partial charge in [-0.05, 0) is 24.5 Å². The molecule has 5 heteroatoms. The summed E-state index contributed by atoms with van der Waals surface area (Å²) < 4.78 is 0. The lowest BCUT2D eigenvalue weighted by Crippen LogP contribution is -2.40. The van der Waals surface area contributed by atoms with E-state index in [0.29, 0.717) is 12.3 Å². The zero-order valence-electron chi connectivity index (χ0n) is 17.0. The second-order valence-corrected chi connectivity index (χ2v) is 8.88. The maximum absolute atomic E-state index is 12.6. The Morgan fingerprint density at radius 3 is 2.79 bits per heavy atom. The summed E-state index contributed by atoms with van der Waals surface area (Å²) in [4.78, 5) is 19.7. The molecule has 0 radical (unpaired) electrons. The van der Waals surface area contributed by atoms with Crippen molar-refractivity contribution < 1.29 is 4.79 Å². The average molecular weight is 406 g/mol. The van der Waals surface area contributed by atoms with Gasteiger partial charge in [0.1, 0.15) is 5.01 Å². The number of amides is 1. The minimum Gasteiger partial charge on any atom is -0.351 e. The van der Waals surface area contributed by atoms with Crippen LogP contribution in [0.3, 0.4) is 0 Å². The van der Waals surface area contributed by atoms with Crippen LogP contribution in [0.25, 0.3) is 10.6 Å². The third-order valence-corrected chi connectivity index (χ3v) is 6.38. The molecule has 1 fully saturated rings. The van der Waals surface area contributed by atoms with Crippen molar-refractivity contribution in [3.8, 4) is 10.6 Å². The molecule has 0 saturated carbocycles. The molecule has 2 heterocycles. The molecule has 0 spiro atoms. The van der Waals surface area contributed by atoms with E-state index >= 15 is 0 Å². The number of thiazole rings is 1. The summed E-state index contributed by atoms with van der Waals surface area (Å²) in [6.45, 7) is 7.13. The number of aryl methyl sites for hydroxylation is 1. The topological polar surface area (TPSA) is 45.2 Å². The molecular weight excluding hydrogens is 378 g/mol. The summed E-state index contributed by atoms with van der Waals surface area (Å²) in [5.74, 6) is 0.505. The van der Waals surface area contributed by atoms with Crippen LogP contribution >= 0.6 is 11.3 Å². The molecule has 1 saturated heterocycles. The second kappa shape index (κ2) is 8.89. The third kappa shape index (κ3) is 5.11. The first-order valence-corrected chi connectivity index (χ1v) is 11.0. The fourth-order valence-electron chi connectivity index (χ4n) is 3.95. The number of carbonyl (C=O) groups excluding carboxylic acids is 1. The fraction of sp³-hybridized carbons (Fsp3) is 0.333. The van der Waals surface area contributed by atoms with Gasteiger partial charge >= 0.3 is 0 Å². The van der Waals surface area contributed by atoms with Crippen molar-refractivity contribution in [1.82, 2.24) is 15.2 Å². The van der Waals surface area contributed by atoms with Gasteiger partial charge < -0.3 is 5.32 Å². The van der Waals surface area contributed by atoms with Crippen molar-refractivity contribution in [3.63, 3.8) is 0 Å². The van der Waals surface area contributed by atoms with E-state index in [1.165, 1.54) is 11.1 Å². The number of nitrogens with zero attached hydrogens (tertiary/aromatic N) is 2. The number of hydrogen-bond acceptors (Lipinski definition) is 4. The molecule has 1 amide bonds. The Bertz CT molecular complexity index is 969. The number of carbonyl (C=O) groups is 1. The molecule has 2 atom stereocenters. The second-order valence-electron chi connectivity index (χ2n) is 8.02. The van der Waals surface area contributed by atoms with Crippen molar-refractivity contribution in [1.29, 1.82) is 0 Å². The molecule has 1 N–H and O–H groups in total. The lowest BCUT2D eigenvalue weighted by atomic mass is 10.1. The van der Waals surface area contributed by atoms with Gasteiger partial charge in [-0.3, -0.25) is 9.69 Å². The largest absolute Gasteiger partial charge is 0.351 e. The lowest BCUT2D eigenvalue weighted by molar-refractivity contribution is -0.121. The molecule has 3 aromatic rings. The minimum absolute atomic E-state index is 0.0597. The summed E-state index contributed by atoms with van der Waals surface area (Å²) in [5.41, 5.74) is 4.49. The Hall–Kier alpha value is -2.50. The van der Waals surface area contributed by atoms with Crippen LogP contribution in [0, 0.1) is 12.8 Å². The lowest BCUT2D eigenvalue weighted by Gasteiger charge is -2.17. The molecule has 150 valence electrons. The first-order chi connectivity index (χ1) is 14.1. The van der Waals surface area contributed by atoms with Crippen LogP contribution in [0.4, 0.5) is 0 Å². The monoisotopic (exact) mass is 405 g/mol. The van der Waals surface area contributed by atoms with Crippen LogP contribution in [-0.2, 0) is 17.8 Å². The van der Waals surface area contributed by atoms with E-state index < -0.39 is 0 Å². The normalized spacial score (nSPS) is 19.4. The Morgan fingerprint density at radius 1 is 1.17 bits per heavy atom. The fourth-order valence-corrected chi connectivity index (χ4v) is 4.76. The van der Waals surface area contributed by atoms with Crippen LogP contribution < -0.4 is 5.32 Å². The number of benzene rings is 2. The van der Waals surface area contributed by atoms with E-state index in [1.807, 2.05) is 17.5 Å². The molecule has 2 aromatic carbocycles. The summed E-state index contributed by atoms with van der Waals surface area (Å²) in [6, 6.07) is 19.0. The van der Waals surface area contributed by atoms with Gasteiger partial charge in [-0.25, -0.2) is 4.98 Å². The third-order valence-electron chi connectivity index (χ3n) is 5.44. The van der Waals surface area contributed by atoms with E-state index in [-0.39, 0.29) is 11.9 Å². The van der Waals surface area contributed by atoms with Gasteiger partial charge in [0.2, 0.25) is 5.91 Å². The number of nitrogens with one attached hydrogen (secondary N) is 1. The highest BCUT2D eigenvalue weighted by atomic mass is 32.1. The Labute approximate surface area is 176 Å². The first kappa shape index (κ1) is 19.8. The first-order valence-electron chi connectivity index (χ1n) is 10.1. The van der Waals surface area contributed by atoms with E-state index in [2.05, 4.69) is 71.5 Å². The minimum atomic E-state index is 0.0597. The van der Waals surface area contributed by atoms with Gasteiger partial charge in [0.25, 0.3) is 0 Å². The highest BCUT2D eigenvalue weighted by molar-refractivity contribution is 7.13. The van der Waals surface area contributed by atoms with Gasteiger partial charge in [-0.2, -0.15) is 0 Å². The molecular formula is C24H27N3OS. The Balaban J connectivity index is 1.32. The van der Waals surface area contributed by atoms with Crippen molar-refractivity contribution in [2.45, 2.75) is 32.9 Å². The van der Waals surface area contributed by atoms with Crippen molar-refractivity contribution in [2.75, 3.05) is 13.1 Å². The smallest absolute Gasteiger partial charge is 0.226 e. The molecule has 4 nitrogen and oxygen atoms in total. The highest BCUT2D eigenvalue weighted by Crippen LogP contribution is 2.25. The SMILES string of the molecule is Cc1cccc(-c2nc(CC(=O)NC3CN(Cc4ccccc4)CC3C)cs2)c1. The predicted octanol–water partition coefficient (Wildman–Crippen LogP) is 4.30. The zero-order chi connectivity index (χ0) is 20.2. The maximum Gasteiger partial charge on any atom is 0.226 e. The van der Waals surface area contributed by atoms with Gasteiger partial charge in [0.05, 0.1) is 12.1 Å². The van der Waals surface area contributed by atoms with Crippen LogP contribution in [0.1, 0.15) is 23.7 Å². The summed E-state index contributed by atoms with van der Waals surface area (Å²) in [5, 5.41) is 6.20. The van der Waals surface area contributed by atoms with Crippen LogP contribution in [0.2, 0.25) is 0 Å². The van der Waals surface area contributed by atoms with Gasteiger partial charge in [-0.15, -0.1) is 11.3 Å². The molecule has 29 heavy (non-hydrogen) atoms. The van der Waals surface area contributed by atoms with E-state index in [9.17, 15) is 4.79 Å². The van der Waals surface area contributed by atoms with Crippen LogP contribution in [0.5, 0.6) is 0 Å². The zero-order valence-corrected chi connectivity index (χ0v) is 17.8. The van der Waals surface area contributed by atoms with E-state index in [1.54, 1.807) is 11.3 Å². The summed E-state index contributed by atoms with van der Waals surface area (Å²) >= 11 is 1.60. The standard InChI is InChI=1S/C24H27N3OS/c1-17-7-6-10-20(11-17)24-25-21(16-29-24)12-23(28)26-22-15-27(13-18(22)2)14-19-8-4-3-5-9-19/h3-11,16,18,22H,12-15H2,1-2H3,(H,26,28). The molecule has 1 aromatic heterocycles. The number of likely N-dealkylation sites (tertiary alicyclic amines) is 1. The van der Waals surface area contributed by atoms with E-state index in [4.69, 9.17) is 0 Å². The predicted molar refractivity (Wildman–Crippen MR) is 119 cm³/mol. The van der Waals surface area contributed by atoms with Crippen LogP contribution in [-0.4, -0.2) is 34.9 Å². The van der Waals surface area contributed by atoms with Gasteiger partial charge in [-0.1, -0.05) is 61.0 Å². The molecule has 0 aliphatic carbocycles. The summed E-state index contributed by atoms with van der Waals surface area (Å²) in [6.07, 6.45) is 0.338. The molecule has 0 bridgehead atoms. The Morgan fingerprint density at radius 2 is 2.00 bits per heavy atom. The molecule has 1 aliphatic rings. The van der Waals surface area contributed by atoms with Gasteiger partial charge in [0, 0.05) is 36.6 Å². The molecule has 2 unspecified atom stereocenters. The number of aromatic nitrogens is 1. The molecule has 1 aliphatic heterocycles. The maximum atomic E-state index is 12.6. The van der Waals surface area contributed by atoms with Crippen LogP contribution in [0.15, 0.2) is 60.0 Å². The number of hydrogen-bond donors (Lipinski definition) is 1. The van der Waals surface area contributed by atoms with E-state index in [0.717, 1.165) is 35.9 Å². The summed E-state index contributed by atoms with van der Waals surface area (Å²) in [7, 11) is 0. The highest BCUT2D eigenvalue weighted by Gasteiger charge is 2.30. The average Bonchev–Trinajstić information content (AvgIpc) is 3.29. The van der Waals surface area contributed by atoms with Crippen molar-refractivity contribution in [3.05, 3.63) is 76.8 Å². The quantitative estimate of drug-likeness (QED) is 0.665. The van der Waals surface area contributed by atoms with Crippen molar-refractivity contribution >= 4 is 17.2 Å². The Kier molecular flexibility index (Phi) is 6.07.